The summed E-state index contributed by atoms with van der Waals surface area (Å²) in [4.78, 5) is 0. The number of halogens is 1. The van der Waals surface area contributed by atoms with Gasteiger partial charge in [-0.15, -0.1) is 4.40 Å². The second kappa shape index (κ2) is 2.86. The molecule has 0 aliphatic carbocycles. The molecule has 1 aromatic rings. The largest absolute Gasteiger partial charge is 0.382 e. The van der Waals surface area contributed by atoms with Crippen LogP contribution in [-0.4, -0.2) is 14.3 Å². The lowest BCUT2D eigenvalue weighted by atomic mass is 10.1. The van der Waals surface area contributed by atoms with Crippen LogP contribution in [0.1, 0.15) is 5.56 Å². The van der Waals surface area contributed by atoms with E-state index in [-0.39, 0.29) is 5.84 Å². The standard InChI is InChI=1S/C7H6ClN3O2S/c8-4-2-1-3-5-6(4)7(9)11-14(12,13)10-5/h1-3,10H,(H2,9,11). The van der Waals surface area contributed by atoms with Crippen LogP contribution in [0.5, 0.6) is 0 Å². The van der Waals surface area contributed by atoms with Crippen molar-refractivity contribution in [3.05, 3.63) is 28.8 Å². The second-order valence-corrected chi connectivity index (χ2v) is 4.46. The van der Waals surface area contributed by atoms with Gasteiger partial charge in [-0.25, -0.2) is 0 Å². The predicted molar refractivity (Wildman–Crippen MR) is 54.7 cm³/mol. The lowest BCUT2D eigenvalue weighted by Crippen LogP contribution is -2.26. The first-order valence-corrected chi connectivity index (χ1v) is 5.48. The summed E-state index contributed by atoms with van der Waals surface area (Å²) in [5, 5.41) is 0.367. The maximum absolute atomic E-state index is 11.1. The van der Waals surface area contributed by atoms with Gasteiger partial charge in [0.2, 0.25) is 0 Å². The van der Waals surface area contributed by atoms with Crippen molar-refractivity contribution in [2.45, 2.75) is 0 Å². The molecule has 5 nitrogen and oxygen atoms in total. The van der Waals surface area contributed by atoms with Crippen LogP contribution in [0, 0.1) is 0 Å². The number of nitrogens with zero attached hydrogens (tertiary/aromatic N) is 1. The lowest BCUT2D eigenvalue weighted by molar-refractivity contribution is 0.602. The molecule has 74 valence electrons. The highest BCUT2D eigenvalue weighted by Gasteiger charge is 2.22. The zero-order valence-electron chi connectivity index (χ0n) is 6.86. The molecule has 0 fully saturated rings. The Kier molecular flexibility index (Phi) is 1.90. The molecule has 1 aliphatic rings. The van der Waals surface area contributed by atoms with Gasteiger partial charge in [-0.3, -0.25) is 4.72 Å². The Morgan fingerprint density at radius 1 is 1.43 bits per heavy atom. The SMILES string of the molecule is NC1=NS(=O)(=O)Nc2cccc(Cl)c21. The Hall–Kier alpha value is -1.27. The summed E-state index contributed by atoms with van der Waals surface area (Å²) < 4.78 is 27.7. The molecule has 0 aromatic heterocycles. The number of hydrogen-bond donors (Lipinski definition) is 2. The summed E-state index contributed by atoms with van der Waals surface area (Å²) in [6, 6.07) is 4.81. The van der Waals surface area contributed by atoms with Crippen molar-refractivity contribution in [3.8, 4) is 0 Å². The highest BCUT2D eigenvalue weighted by molar-refractivity contribution is 7.91. The molecule has 0 spiro atoms. The molecular formula is C7H6ClN3O2S. The normalized spacial score (nSPS) is 17.9. The molecule has 14 heavy (non-hydrogen) atoms. The molecule has 3 N–H and O–H groups in total. The Morgan fingerprint density at radius 2 is 2.14 bits per heavy atom. The Balaban J connectivity index is 2.74. The second-order valence-electron chi connectivity index (χ2n) is 2.72. The van der Waals surface area contributed by atoms with Gasteiger partial charge in [0.15, 0.2) is 0 Å². The molecule has 1 heterocycles. The minimum atomic E-state index is -3.71. The Morgan fingerprint density at radius 3 is 2.86 bits per heavy atom. The van der Waals surface area contributed by atoms with Crippen molar-refractivity contribution < 1.29 is 8.42 Å². The minimum Gasteiger partial charge on any atom is -0.382 e. The monoisotopic (exact) mass is 231 g/mol. The minimum absolute atomic E-state index is 0.0932. The van der Waals surface area contributed by atoms with Crippen molar-refractivity contribution in [1.82, 2.24) is 0 Å². The summed E-state index contributed by atoms with van der Waals surface area (Å²) in [6.45, 7) is 0. The van der Waals surface area contributed by atoms with Gasteiger partial charge < -0.3 is 5.73 Å². The van der Waals surface area contributed by atoms with E-state index in [1.54, 1.807) is 18.2 Å². The Labute approximate surface area is 85.8 Å². The third kappa shape index (κ3) is 1.42. The fourth-order valence-electron chi connectivity index (χ4n) is 1.21. The number of hydrogen-bond acceptors (Lipinski definition) is 3. The van der Waals surface area contributed by atoms with Crippen LogP contribution in [0.4, 0.5) is 5.69 Å². The van der Waals surface area contributed by atoms with Crippen LogP contribution < -0.4 is 10.5 Å². The summed E-state index contributed by atoms with van der Waals surface area (Å²) >= 11 is 5.83. The van der Waals surface area contributed by atoms with E-state index in [0.29, 0.717) is 16.3 Å². The van der Waals surface area contributed by atoms with Crippen LogP contribution in [0.2, 0.25) is 5.02 Å². The van der Waals surface area contributed by atoms with Crippen LogP contribution in [-0.2, 0) is 10.2 Å². The predicted octanol–water partition coefficient (Wildman–Crippen LogP) is 0.716. The van der Waals surface area contributed by atoms with E-state index in [1.165, 1.54) is 0 Å². The van der Waals surface area contributed by atoms with Gasteiger partial charge >= 0.3 is 10.2 Å². The summed E-state index contributed by atoms with van der Waals surface area (Å²) in [7, 11) is -3.71. The first kappa shape index (κ1) is 9.29. The molecule has 0 saturated heterocycles. The van der Waals surface area contributed by atoms with Gasteiger partial charge in [0.25, 0.3) is 0 Å². The molecule has 0 saturated carbocycles. The summed E-state index contributed by atoms with van der Waals surface area (Å²) in [5.74, 6) is -0.0932. The van der Waals surface area contributed by atoms with Crippen LogP contribution in [0.15, 0.2) is 22.6 Å². The zero-order chi connectivity index (χ0) is 10.3. The molecule has 1 aromatic carbocycles. The number of fused-ring (bicyclic) bond motifs is 1. The Bertz CT molecular complexity index is 524. The van der Waals surface area contributed by atoms with Gasteiger partial charge in [0, 0.05) is 0 Å². The van der Waals surface area contributed by atoms with Gasteiger partial charge in [0.05, 0.1) is 16.3 Å². The maximum atomic E-state index is 11.1. The molecule has 1 aliphatic heterocycles. The molecule has 7 heteroatoms. The highest BCUT2D eigenvalue weighted by Crippen LogP contribution is 2.27. The highest BCUT2D eigenvalue weighted by atomic mass is 35.5. The molecule has 0 radical (unpaired) electrons. The van der Waals surface area contributed by atoms with Crippen LogP contribution in [0.25, 0.3) is 0 Å². The number of nitrogens with two attached hydrogens (primary N) is 1. The number of anilines is 1. The zero-order valence-corrected chi connectivity index (χ0v) is 8.43. The molecule has 0 unspecified atom stereocenters. The van der Waals surface area contributed by atoms with E-state index in [0.717, 1.165) is 0 Å². The van der Waals surface area contributed by atoms with E-state index >= 15 is 0 Å². The summed E-state index contributed by atoms with van der Waals surface area (Å²) in [6.07, 6.45) is 0. The van der Waals surface area contributed by atoms with Gasteiger partial charge in [-0.05, 0) is 12.1 Å². The average Bonchev–Trinajstić information content (AvgIpc) is 2.00. The lowest BCUT2D eigenvalue weighted by Gasteiger charge is -2.16. The smallest absolute Gasteiger partial charge is 0.344 e. The first-order chi connectivity index (χ1) is 6.49. The molecule has 0 atom stereocenters. The van der Waals surface area contributed by atoms with Crippen LogP contribution >= 0.6 is 11.6 Å². The number of amidine groups is 1. The number of benzene rings is 1. The average molecular weight is 232 g/mol. The van der Waals surface area contributed by atoms with E-state index < -0.39 is 10.2 Å². The molecule has 0 bridgehead atoms. The van der Waals surface area contributed by atoms with E-state index in [4.69, 9.17) is 17.3 Å². The topological polar surface area (TPSA) is 84.5 Å². The third-order valence-electron chi connectivity index (χ3n) is 1.73. The van der Waals surface area contributed by atoms with Gasteiger partial charge in [-0.2, -0.15) is 8.42 Å². The van der Waals surface area contributed by atoms with Crippen molar-refractivity contribution in [2.24, 2.45) is 10.1 Å². The van der Waals surface area contributed by atoms with Crippen molar-refractivity contribution in [2.75, 3.05) is 4.72 Å². The van der Waals surface area contributed by atoms with Crippen molar-refractivity contribution in [1.29, 1.82) is 0 Å². The van der Waals surface area contributed by atoms with Crippen LogP contribution in [0.3, 0.4) is 0 Å². The number of nitrogens with one attached hydrogen (secondary N) is 1. The van der Waals surface area contributed by atoms with E-state index in [1.807, 2.05) is 0 Å². The van der Waals surface area contributed by atoms with Gasteiger partial charge in [-0.1, -0.05) is 17.7 Å². The summed E-state index contributed by atoms with van der Waals surface area (Å²) in [5.41, 5.74) is 6.24. The fourth-order valence-corrected chi connectivity index (χ4v) is 2.32. The van der Waals surface area contributed by atoms with Crippen molar-refractivity contribution in [3.63, 3.8) is 0 Å². The first-order valence-electron chi connectivity index (χ1n) is 3.67. The quantitative estimate of drug-likeness (QED) is 0.690. The molecular weight excluding hydrogens is 226 g/mol. The van der Waals surface area contributed by atoms with Crippen molar-refractivity contribution >= 4 is 33.3 Å². The van der Waals surface area contributed by atoms with E-state index in [9.17, 15) is 8.42 Å². The van der Waals surface area contributed by atoms with Gasteiger partial charge in [0.1, 0.15) is 5.84 Å². The number of rotatable bonds is 0. The third-order valence-corrected chi connectivity index (χ3v) is 2.96. The fraction of sp³-hybridized carbons (Fsp3) is 0. The molecule has 0 amide bonds. The van der Waals surface area contributed by atoms with E-state index in [2.05, 4.69) is 9.12 Å². The molecule has 2 rings (SSSR count). The maximum Gasteiger partial charge on any atom is 0.344 e.